The zero-order valence-electron chi connectivity index (χ0n) is 17.3. The molecule has 13 heteroatoms. The van der Waals surface area contributed by atoms with Gasteiger partial charge in [0.2, 0.25) is 10.0 Å². The SMILES string of the molecule is Cc1ccc(N(Cc2cncs2)c2ccc(OC(F)F)c(OC(F)F)c2)cc1NS(C)(=O)=O. The summed E-state index contributed by atoms with van der Waals surface area (Å²) in [6, 6.07) is 8.63. The summed E-state index contributed by atoms with van der Waals surface area (Å²) in [4.78, 5) is 6.49. The van der Waals surface area contributed by atoms with Gasteiger partial charge in [-0.2, -0.15) is 17.6 Å². The van der Waals surface area contributed by atoms with E-state index in [1.165, 1.54) is 17.4 Å². The summed E-state index contributed by atoms with van der Waals surface area (Å²) >= 11 is 1.34. The summed E-state index contributed by atoms with van der Waals surface area (Å²) in [6.07, 6.45) is 2.64. The van der Waals surface area contributed by atoms with E-state index >= 15 is 0 Å². The van der Waals surface area contributed by atoms with Crippen LogP contribution in [0.5, 0.6) is 11.5 Å². The molecule has 7 nitrogen and oxygen atoms in total. The van der Waals surface area contributed by atoms with Crippen molar-refractivity contribution in [2.75, 3.05) is 15.9 Å². The van der Waals surface area contributed by atoms with Crippen LogP contribution in [0.25, 0.3) is 0 Å². The van der Waals surface area contributed by atoms with Gasteiger partial charge in [-0.1, -0.05) is 6.07 Å². The van der Waals surface area contributed by atoms with Crippen LogP contribution in [0, 0.1) is 6.92 Å². The highest BCUT2D eigenvalue weighted by atomic mass is 32.2. The molecule has 0 saturated heterocycles. The van der Waals surface area contributed by atoms with E-state index < -0.39 is 34.7 Å². The van der Waals surface area contributed by atoms with Crippen molar-refractivity contribution in [2.24, 2.45) is 0 Å². The predicted molar refractivity (Wildman–Crippen MR) is 117 cm³/mol. The highest BCUT2D eigenvalue weighted by molar-refractivity contribution is 7.92. The fourth-order valence-electron chi connectivity index (χ4n) is 2.94. The van der Waals surface area contributed by atoms with Gasteiger partial charge in [-0.15, -0.1) is 11.3 Å². The van der Waals surface area contributed by atoms with Crippen molar-refractivity contribution >= 4 is 38.4 Å². The molecule has 178 valence electrons. The molecule has 0 unspecified atom stereocenters. The second-order valence-corrected chi connectivity index (χ2v) is 9.53. The van der Waals surface area contributed by atoms with Gasteiger partial charge in [0, 0.05) is 28.5 Å². The second kappa shape index (κ2) is 10.3. The Morgan fingerprint density at radius 3 is 2.27 bits per heavy atom. The molecule has 1 aromatic heterocycles. The van der Waals surface area contributed by atoms with Crippen LogP contribution in [0.15, 0.2) is 48.1 Å². The van der Waals surface area contributed by atoms with Gasteiger partial charge < -0.3 is 14.4 Å². The van der Waals surface area contributed by atoms with Crippen LogP contribution in [0.3, 0.4) is 0 Å². The van der Waals surface area contributed by atoms with Gasteiger partial charge >= 0.3 is 13.2 Å². The lowest BCUT2D eigenvalue weighted by Crippen LogP contribution is -2.17. The Kier molecular flexibility index (Phi) is 7.64. The highest BCUT2D eigenvalue weighted by Gasteiger charge is 2.20. The lowest BCUT2D eigenvalue weighted by molar-refractivity contribution is -0.0692. The molecule has 0 atom stereocenters. The van der Waals surface area contributed by atoms with E-state index in [9.17, 15) is 26.0 Å². The third kappa shape index (κ3) is 6.96. The number of hydrogen-bond donors (Lipinski definition) is 1. The molecular formula is C20H19F4N3O4S2. The van der Waals surface area contributed by atoms with Gasteiger partial charge in [0.1, 0.15) is 0 Å². The third-order valence-corrected chi connectivity index (χ3v) is 5.65. The summed E-state index contributed by atoms with van der Waals surface area (Å²) < 4.78 is 85.8. The van der Waals surface area contributed by atoms with Gasteiger partial charge in [0.05, 0.1) is 24.0 Å². The van der Waals surface area contributed by atoms with Gasteiger partial charge in [-0.25, -0.2) is 8.42 Å². The monoisotopic (exact) mass is 505 g/mol. The Labute approximate surface area is 191 Å². The van der Waals surface area contributed by atoms with Crippen LogP contribution < -0.4 is 19.1 Å². The second-order valence-electron chi connectivity index (χ2n) is 6.82. The van der Waals surface area contributed by atoms with Crippen LogP contribution in [-0.4, -0.2) is 32.9 Å². The highest BCUT2D eigenvalue weighted by Crippen LogP contribution is 2.38. The number of anilines is 3. The van der Waals surface area contributed by atoms with E-state index in [0.717, 1.165) is 23.3 Å². The molecule has 0 aliphatic carbocycles. The molecule has 3 rings (SSSR count). The van der Waals surface area contributed by atoms with Crippen LogP contribution in [0.2, 0.25) is 0 Å². The van der Waals surface area contributed by atoms with Gasteiger partial charge in [0.25, 0.3) is 0 Å². The molecule has 33 heavy (non-hydrogen) atoms. The quantitative estimate of drug-likeness (QED) is 0.374. The minimum Gasteiger partial charge on any atom is -0.431 e. The average molecular weight is 506 g/mol. The summed E-state index contributed by atoms with van der Waals surface area (Å²) in [5.74, 6) is -1.12. The van der Waals surface area contributed by atoms with Crippen molar-refractivity contribution in [3.8, 4) is 11.5 Å². The minimum absolute atomic E-state index is 0.231. The first kappa shape index (κ1) is 24.6. The molecule has 1 heterocycles. The van der Waals surface area contributed by atoms with E-state index in [4.69, 9.17) is 0 Å². The molecule has 0 amide bonds. The summed E-state index contributed by atoms with van der Waals surface area (Å²) in [7, 11) is -3.56. The summed E-state index contributed by atoms with van der Waals surface area (Å²) in [5.41, 5.74) is 3.42. The Bertz CT molecular complexity index is 1190. The Hall–Kier alpha value is -3.06. The van der Waals surface area contributed by atoms with Crippen LogP contribution in [0.1, 0.15) is 10.4 Å². The molecule has 0 radical (unpaired) electrons. The van der Waals surface area contributed by atoms with Gasteiger partial charge in [-0.05, 0) is 36.8 Å². The number of halogens is 4. The normalized spacial score (nSPS) is 11.6. The minimum atomic E-state index is -3.56. The zero-order chi connectivity index (χ0) is 24.2. The zero-order valence-corrected chi connectivity index (χ0v) is 19.0. The Morgan fingerprint density at radius 2 is 1.67 bits per heavy atom. The molecule has 0 aliphatic rings. The Balaban J connectivity index is 2.09. The standard InChI is InChI=1S/C20H19F4N3O4S2/c1-12-3-4-13(7-16(12)26-33(2,28)29)27(10-15-9-25-11-32-15)14-5-6-17(30-19(21)22)18(8-14)31-20(23)24/h3-9,11,19-20,26H,10H2,1-2H3. The van der Waals surface area contributed by atoms with Crippen molar-refractivity contribution in [3.63, 3.8) is 0 Å². The number of hydrogen-bond acceptors (Lipinski definition) is 7. The van der Waals surface area contributed by atoms with Crippen LogP contribution in [0.4, 0.5) is 34.6 Å². The van der Waals surface area contributed by atoms with Crippen molar-refractivity contribution in [3.05, 3.63) is 58.5 Å². The maximum absolute atomic E-state index is 12.9. The maximum atomic E-state index is 12.9. The lowest BCUT2D eigenvalue weighted by atomic mass is 10.1. The van der Waals surface area contributed by atoms with Gasteiger partial charge in [-0.3, -0.25) is 9.71 Å². The number of nitrogens with one attached hydrogen (secondary N) is 1. The van der Waals surface area contributed by atoms with Crippen LogP contribution >= 0.6 is 11.3 Å². The average Bonchev–Trinajstić information content (AvgIpc) is 3.21. The summed E-state index contributed by atoms with van der Waals surface area (Å²) in [6.45, 7) is -4.54. The van der Waals surface area contributed by atoms with Crippen molar-refractivity contribution in [1.29, 1.82) is 0 Å². The largest absolute Gasteiger partial charge is 0.431 e. The maximum Gasteiger partial charge on any atom is 0.387 e. The molecule has 0 fully saturated rings. The predicted octanol–water partition coefficient (Wildman–Crippen LogP) is 5.36. The first-order chi connectivity index (χ1) is 15.5. The number of sulfonamides is 1. The molecular weight excluding hydrogens is 486 g/mol. The summed E-state index contributed by atoms with van der Waals surface area (Å²) in [5, 5.41) is 0. The van der Waals surface area contributed by atoms with E-state index in [2.05, 4.69) is 19.2 Å². The number of aryl methyl sites for hydroxylation is 1. The molecule has 0 bridgehead atoms. The molecule has 3 aromatic rings. The number of benzene rings is 2. The van der Waals surface area contributed by atoms with Crippen molar-refractivity contribution in [2.45, 2.75) is 26.7 Å². The topological polar surface area (TPSA) is 80.8 Å². The van der Waals surface area contributed by atoms with Crippen molar-refractivity contribution in [1.82, 2.24) is 4.98 Å². The number of rotatable bonds is 10. The number of nitrogens with zero attached hydrogens (tertiary/aromatic N) is 2. The van der Waals surface area contributed by atoms with E-state index in [0.29, 0.717) is 22.6 Å². The van der Waals surface area contributed by atoms with Gasteiger partial charge in [0.15, 0.2) is 11.5 Å². The number of thiazole rings is 1. The molecule has 1 N–H and O–H groups in total. The Morgan fingerprint density at radius 1 is 1.03 bits per heavy atom. The third-order valence-electron chi connectivity index (χ3n) is 4.30. The lowest BCUT2D eigenvalue weighted by Gasteiger charge is -2.26. The molecule has 2 aromatic carbocycles. The first-order valence-electron chi connectivity index (χ1n) is 9.29. The fraction of sp³-hybridized carbons (Fsp3) is 0.250. The first-order valence-corrected chi connectivity index (χ1v) is 12.1. The molecule has 0 spiro atoms. The van der Waals surface area contributed by atoms with Crippen LogP contribution in [-0.2, 0) is 16.6 Å². The smallest absolute Gasteiger partial charge is 0.387 e. The number of aromatic nitrogens is 1. The van der Waals surface area contributed by atoms with Crippen molar-refractivity contribution < 1.29 is 35.5 Å². The van der Waals surface area contributed by atoms with E-state index in [-0.39, 0.29) is 6.54 Å². The molecule has 0 aliphatic heterocycles. The van der Waals surface area contributed by atoms with E-state index in [1.807, 2.05) is 0 Å². The number of ether oxygens (including phenoxy) is 2. The number of alkyl halides is 4. The fourth-order valence-corrected chi connectivity index (χ4v) is 4.14. The van der Waals surface area contributed by atoms with E-state index in [1.54, 1.807) is 41.7 Å². The molecule has 0 saturated carbocycles.